The molecule has 1 rings (SSSR count). The third-order valence-electron chi connectivity index (χ3n) is 1.89. The SMILES string of the molecule is [B]/C(O)=C(/C(=O)OC)c1c(C)ncnc1Cl. The van der Waals surface area contributed by atoms with Gasteiger partial charge in [0.25, 0.3) is 0 Å². The highest BCUT2D eigenvalue weighted by atomic mass is 35.5. The lowest BCUT2D eigenvalue weighted by atomic mass is 9.95. The van der Waals surface area contributed by atoms with Gasteiger partial charge in [0, 0.05) is 0 Å². The lowest BCUT2D eigenvalue weighted by Crippen LogP contribution is -2.10. The largest absolute Gasteiger partial charge is 0.523 e. The molecule has 0 amide bonds. The summed E-state index contributed by atoms with van der Waals surface area (Å²) in [7, 11) is 6.37. The number of carbonyl (C=O) groups is 1. The number of halogens is 1. The number of methoxy groups -OCH3 is 1. The topological polar surface area (TPSA) is 72.3 Å². The Hall–Kier alpha value is -1.56. The van der Waals surface area contributed by atoms with Crippen molar-refractivity contribution in [3.05, 3.63) is 28.4 Å². The Kier molecular flexibility index (Phi) is 3.90. The summed E-state index contributed by atoms with van der Waals surface area (Å²) in [6.45, 7) is 1.61. The van der Waals surface area contributed by atoms with E-state index in [1.165, 1.54) is 6.33 Å². The van der Waals surface area contributed by atoms with Crippen LogP contribution in [0.2, 0.25) is 5.15 Å². The van der Waals surface area contributed by atoms with Crippen molar-refractivity contribution in [3.63, 3.8) is 0 Å². The number of aromatic nitrogens is 2. The zero-order valence-corrected chi connectivity index (χ0v) is 9.45. The Morgan fingerprint density at radius 2 is 2.19 bits per heavy atom. The first kappa shape index (κ1) is 12.5. The number of rotatable bonds is 2. The van der Waals surface area contributed by atoms with Crippen molar-refractivity contribution in [2.75, 3.05) is 7.11 Å². The van der Waals surface area contributed by atoms with Gasteiger partial charge in [-0.2, -0.15) is 0 Å². The van der Waals surface area contributed by atoms with Crippen LogP contribution in [0.5, 0.6) is 0 Å². The minimum atomic E-state index is -0.806. The molecule has 0 unspecified atom stereocenters. The third-order valence-corrected chi connectivity index (χ3v) is 2.17. The van der Waals surface area contributed by atoms with Gasteiger partial charge < -0.3 is 9.84 Å². The van der Waals surface area contributed by atoms with Crippen LogP contribution in [0, 0.1) is 6.92 Å². The number of aryl methyl sites for hydroxylation is 1. The fraction of sp³-hybridized carbons (Fsp3) is 0.222. The van der Waals surface area contributed by atoms with Gasteiger partial charge in [-0.3, -0.25) is 0 Å². The van der Waals surface area contributed by atoms with Crippen molar-refractivity contribution < 1.29 is 14.6 Å². The summed E-state index contributed by atoms with van der Waals surface area (Å²) in [6.07, 6.45) is 1.24. The second-order valence-corrected chi connectivity index (χ2v) is 3.23. The van der Waals surface area contributed by atoms with Crippen LogP contribution in [0.25, 0.3) is 5.57 Å². The van der Waals surface area contributed by atoms with Gasteiger partial charge in [0.2, 0.25) is 0 Å². The molecule has 2 radical (unpaired) electrons. The molecule has 0 saturated heterocycles. The molecule has 0 aliphatic carbocycles. The zero-order chi connectivity index (χ0) is 12.3. The molecule has 5 nitrogen and oxygen atoms in total. The van der Waals surface area contributed by atoms with Gasteiger partial charge in [-0.25, -0.2) is 14.8 Å². The second-order valence-electron chi connectivity index (χ2n) is 2.88. The van der Waals surface area contributed by atoms with E-state index in [0.717, 1.165) is 7.11 Å². The third kappa shape index (κ3) is 2.33. The van der Waals surface area contributed by atoms with Gasteiger partial charge in [-0.15, -0.1) is 0 Å². The molecule has 16 heavy (non-hydrogen) atoms. The summed E-state index contributed by atoms with van der Waals surface area (Å²) in [5.74, 6) is -0.806. The zero-order valence-electron chi connectivity index (χ0n) is 8.69. The Bertz CT molecular complexity index is 438. The van der Waals surface area contributed by atoms with Gasteiger partial charge in [0.1, 0.15) is 11.5 Å². The maximum atomic E-state index is 11.4. The van der Waals surface area contributed by atoms with Crippen molar-refractivity contribution in [2.45, 2.75) is 6.92 Å². The van der Waals surface area contributed by atoms with E-state index >= 15 is 0 Å². The molecular weight excluding hydrogens is 230 g/mol. The van der Waals surface area contributed by atoms with Crippen molar-refractivity contribution in [1.29, 1.82) is 0 Å². The standard InChI is InChI=1S/C9H8BClN2O3/c1-4-5(8(11)13-3-12-4)6(7(10)14)9(15)16-2/h3,14H,1-2H3/b7-6-. The molecule has 1 aromatic heterocycles. The fourth-order valence-electron chi connectivity index (χ4n) is 1.17. The van der Waals surface area contributed by atoms with E-state index in [9.17, 15) is 9.90 Å². The van der Waals surface area contributed by atoms with E-state index in [4.69, 9.17) is 19.4 Å². The minimum Gasteiger partial charge on any atom is -0.523 e. The number of ether oxygens (including phenoxy) is 1. The summed E-state index contributed by atoms with van der Waals surface area (Å²) in [6, 6.07) is 0. The highest BCUT2D eigenvalue weighted by Gasteiger charge is 2.21. The van der Waals surface area contributed by atoms with Crippen LogP contribution in [-0.2, 0) is 9.53 Å². The van der Waals surface area contributed by atoms with Gasteiger partial charge in [0.05, 0.1) is 29.6 Å². The Morgan fingerprint density at radius 3 is 2.62 bits per heavy atom. The molecule has 0 aromatic carbocycles. The second kappa shape index (κ2) is 4.98. The van der Waals surface area contributed by atoms with Crippen molar-refractivity contribution in [2.24, 2.45) is 0 Å². The van der Waals surface area contributed by atoms with Crippen molar-refractivity contribution in [1.82, 2.24) is 9.97 Å². The molecule has 0 bridgehead atoms. The molecule has 1 N–H and O–H groups in total. The normalized spacial score (nSPS) is 11.9. The van der Waals surface area contributed by atoms with Gasteiger partial charge in [-0.1, -0.05) is 11.6 Å². The van der Waals surface area contributed by atoms with Gasteiger partial charge in [-0.05, 0) is 6.92 Å². The van der Waals surface area contributed by atoms with Gasteiger partial charge >= 0.3 is 5.97 Å². The van der Waals surface area contributed by atoms with Crippen LogP contribution in [0.1, 0.15) is 11.3 Å². The summed E-state index contributed by atoms with van der Waals surface area (Å²) in [5.41, 5.74) is -0.356. The first-order valence-corrected chi connectivity index (χ1v) is 4.61. The number of hydrogen-bond acceptors (Lipinski definition) is 5. The molecular formula is C9H8BClN2O3. The first-order valence-electron chi connectivity index (χ1n) is 4.23. The highest BCUT2D eigenvalue weighted by Crippen LogP contribution is 2.26. The molecule has 0 aliphatic rings. The van der Waals surface area contributed by atoms with E-state index < -0.39 is 11.6 Å². The smallest absolute Gasteiger partial charge is 0.341 e. The van der Waals surface area contributed by atoms with E-state index in [1.54, 1.807) is 6.92 Å². The molecule has 0 saturated carbocycles. The van der Waals surface area contributed by atoms with E-state index in [2.05, 4.69) is 14.7 Å². The minimum absolute atomic E-state index is 0.0184. The summed E-state index contributed by atoms with van der Waals surface area (Å²) < 4.78 is 4.49. The van der Waals surface area contributed by atoms with Crippen LogP contribution in [0.4, 0.5) is 0 Å². The average Bonchev–Trinajstić information content (AvgIpc) is 2.22. The summed E-state index contributed by atoms with van der Waals surface area (Å²) in [4.78, 5) is 19.0. The molecule has 82 valence electrons. The molecule has 1 aromatic rings. The predicted molar refractivity (Wildman–Crippen MR) is 59.1 cm³/mol. The number of nitrogens with zero attached hydrogens (tertiary/aromatic N) is 2. The summed E-state index contributed by atoms with van der Waals surface area (Å²) >= 11 is 5.81. The predicted octanol–water partition coefficient (Wildman–Crippen LogP) is 1.01. The van der Waals surface area contributed by atoms with E-state index in [1.807, 2.05) is 0 Å². The average molecular weight is 238 g/mol. The van der Waals surface area contributed by atoms with Crippen molar-refractivity contribution >= 4 is 31.0 Å². The first-order chi connectivity index (χ1) is 7.49. The number of carbonyl (C=O) groups excluding carboxylic acids is 1. The lowest BCUT2D eigenvalue weighted by Gasteiger charge is -2.10. The Balaban J connectivity index is 3.46. The van der Waals surface area contributed by atoms with Crippen LogP contribution < -0.4 is 0 Å². The van der Waals surface area contributed by atoms with E-state index in [0.29, 0.717) is 5.69 Å². The van der Waals surface area contributed by atoms with Crippen LogP contribution in [-0.4, -0.2) is 36.0 Å². The van der Waals surface area contributed by atoms with Crippen LogP contribution >= 0.6 is 11.6 Å². The maximum Gasteiger partial charge on any atom is 0.341 e. The fourth-order valence-corrected chi connectivity index (χ4v) is 1.44. The lowest BCUT2D eigenvalue weighted by molar-refractivity contribution is -0.133. The van der Waals surface area contributed by atoms with E-state index in [-0.39, 0.29) is 16.3 Å². The van der Waals surface area contributed by atoms with Crippen LogP contribution in [0.15, 0.2) is 12.0 Å². The molecule has 0 atom stereocenters. The molecule has 0 aliphatic heterocycles. The maximum absolute atomic E-state index is 11.4. The number of aliphatic hydroxyl groups excluding tert-OH is 1. The highest BCUT2D eigenvalue weighted by molar-refractivity contribution is 6.37. The molecule has 7 heteroatoms. The molecule has 1 heterocycles. The number of hydrogen-bond donors (Lipinski definition) is 1. The Labute approximate surface area is 98.5 Å². The molecule has 0 spiro atoms. The number of aliphatic hydroxyl groups is 1. The summed E-state index contributed by atoms with van der Waals surface area (Å²) in [5, 5.41) is 9.28. The molecule has 0 fully saturated rings. The Morgan fingerprint density at radius 1 is 1.56 bits per heavy atom. The van der Waals surface area contributed by atoms with Crippen LogP contribution in [0.3, 0.4) is 0 Å². The van der Waals surface area contributed by atoms with Gasteiger partial charge in [0.15, 0.2) is 7.85 Å². The quantitative estimate of drug-likeness (QED) is 0.274. The number of esters is 1. The monoisotopic (exact) mass is 238 g/mol. The van der Waals surface area contributed by atoms with Crippen molar-refractivity contribution in [3.8, 4) is 0 Å².